The second kappa shape index (κ2) is 6.33. The largest absolute Gasteiger partial charge is 0.308 e. The van der Waals surface area contributed by atoms with Gasteiger partial charge in [-0.3, -0.25) is 4.68 Å². The lowest BCUT2D eigenvalue weighted by Gasteiger charge is -2.19. The van der Waals surface area contributed by atoms with Crippen LogP contribution in [0.5, 0.6) is 0 Å². The van der Waals surface area contributed by atoms with Gasteiger partial charge in [-0.1, -0.05) is 30.7 Å². The fourth-order valence-corrected chi connectivity index (χ4v) is 2.48. The molecule has 0 bridgehead atoms. The highest BCUT2D eigenvalue weighted by Crippen LogP contribution is 2.30. The van der Waals surface area contributed by atoms with Gasteiger partial charge in [0.2, 0.25) is 0 Å². The summed E-state index contributed by atoms with van der Waals surface area (Å²) in [5, 5.41) is 7.59. The lowest BCUT2D eigenvalue weighted by atomic mass is 10.0. The van der Waals surface area contributed by atoms with E-state index in [4.69, 9.17) is 11.6 Å². The molecule has 108 valence electrons. The quantitative estimate of drug-likeness (QED) is 0.915. The smallest absolute Gasteiger partial charge is 0.163 e. The van der Waals surface area contributed by atoms with Crippen molar-refractivity contribution >= 4 is 11.6 Å². The van der Waals surface area contributed by atoms with Crippen molar-refractivity contribution in [1.82, 2.24) is 15.1 Å². The van der Waals surface area contributed by atoms with Crippen LogP contribution in [0, 0.1) is 11.6 Å². The van der Waals surface area contributed by atoms with Crippen LogP contribution in [0.2, 0.25) is 5.02 Å². The first-order valence-corrected chi connectivity index (χ1v) is 6.80. The summed E-state index contributed by atoms with van der Waals surface area (Å²) in [7, 11) is 1.68. The summed E-state index contributed by atoms with van der Waals surface area (Å²) in [6, 6.07) is 3.56. The van der Waals surface area contributed by atoms with Gasteiger partial charge in [0, 0.05) is 12.1 Å². The molecule has 1 aromatic heterocycles. The molecule has 0 aliphatic rings. The molecule has 0 aliphatic heterocycles. The number of nitrogens with one attached hydrogen (secondary N) is 1. The van der Waals surface area contributed by atoms with Crippen molar-refractivity contribution in [3.05, 3.63) is 52.3 Å². The molecule has 6 heteroatoms. The second-order valence-corrected chi connectivity index (χ2v) is 4.87. The van der Waals surface area contributed by atoms with Gasteiger partial charge in [0.15, 0.2) is 11.6 Å². The lowest BCUT2D eigenvalue weighted by Crippen LogP contribution is -2.23. The molecular weight excluding hydrogens is 284 g/mol. The fraction of sp³-hybridized carbons (Fsp3) is 0.357. The van der Waals surface area contributed by atoms with Crippen molar-refractivity contribution < 1.29 is 8.78 Å². The number of rotatable bonds is 5. The van der Waals surface area contributed by atoms with E-state index >= 15 is 0 Å². The summed E-state index contributed by atoms with van der Waals surface area (Å²) >= 11 is 6.16. The van der Waals surface area contributed by atoms with Gasteiger partial charge in [0.25, 0.3) is 0 Å². The zero-order chi connectivity index (χ0) is 14.7. The third-order valence-electron chi connectivity index (χ3n) is 3.12. The van der Waals surface area contributed by atoms with Gasteiger partial charge in [-0.2, -0.15) is 5.10 Å². The first kappa shape index (κ1) is 14.9. The van der Waals surface area contributed by atoms with E-state index in [1.807, 2.05) is 6.92 Å². The molecule has 0 amide bonds. The third kappa shape index (κ3) is 2.69. The Balaban J connectivity index is 2.52. The van der Waals surface area contributed by atoms with E-state index in [9.17, 15) is 8.78 Å². The van der Waals surface area contributed by atoms with Crippen molar-refractivity contribution in [2.24, 2.45) is 0 Å². The minimum absolute atomic E-state index is 0.215. The summed E-state index contributed by atoms with van der Waals surface area (Å²) in [5.74, 6) is -1.74. The average molecular weight is 300 g/mol. The van der Waals surface area contributed by atoms with E-state index in [0.717, 1.165) is 12.5 Å². The highest BCUT2D eigenvalue weighted by molar-refractivity contribution is 6.31. The molecule has 1 atom stereocenters. The average Bonchev–Trinajstić information content (AvgIpc) is 2.78. The van der Waals surface area contributed by atoms with Crippen LogP contribution in [-0.4, -0.2) is 16.8 Å². The Kier molecular flexibility index (Phi) is 4.73. The molecular formula is C14H16ClF2N3. The molecule has 0 radical (unpaired) electrons. The molecule has 1 heterocycles. The summed E-state index contributed by atoms with van der Waals surface area (Å²) in [5.41, 5.74) is 0.854. The van der Waals surface area contributed by atoms with Crippen LogP contribution in [0.15, 0.2) is 24.4 Å². The molecule has 1 unspecified atom stereocenters. The number of aromatic nitrogens is 2. The Hall–Kier alpha value is -1.46. The van der Waals surface area contributed by atoms with E-state index in [0.29, 0.717) is 17.3 Å². The van der Waals surface area contributed by atoms with Crippen molar-refractivity contribution in [3.63, 3.8) is 0 Å². The maximum Gasteiger partial charge on any atom is 0.163 e. The summed E-state index contributed by atoms with van der Waals surface area (Å²) in [6.45, 7) is 2.67. The van der Waals surface area contributed by atoms with Crippen LogP contribution < -0.4 is 5.32 Å². The second-order valence-electron chi connectivity index (χ2n) is 4.47. The Morgan fingerprint density at radius 2 is 2.15 bits per heavy atom. The van der Waals surface area contributed by atoms with Gasteiger partial charge >= 0.3 is 0 Å². The van der Waals surface area contributed by atoms with Crippen molar-refractivity contribution in [3.8, 4) is 0 Å². The molecule has 0 spiro atoms. The minimum Gasteiger partial charge on any atom is -0.308 e. The van der Waals surface area contributed by atoms with Gasteiger partial charge in [0.05, 0.1) is 23.0 Å². The molecule has 0 fully saturated rings. The van der Waals surface area contributed by atoms with E-state index in [-0.39, 0.29) is 5.56 Å². The van der Waals surface area contributed by atoms with Crippen LogP contribution >= 0.6 is 11.6 Å². The van der Waals surface area contributed by atoms with Crippen LogP contribution in [-0.2, 0) is 6.54 Å². The summed E-state index contributed by atoms with van der Waals surface area (Å²) in [6.07, 6.45) is 2.39. The van der Waals surface area contributed by atoms with Crippen molar-refractivity contribution in [2.45, 2.75) is 25.9 Å². The van der Waals surface area contributed by atoms with Crippen molar-refractivity contribution in [2.75, 3.05) is 7.05 Å². The predicted molar refractivity (Wildman–Crippen MR) is 74.8 cm³/mol. The van der Waals surface area contributed by atoms with E-state index < -0.39 is 17.7 Å². The van der Waals surface area contributed by atoms with E-state index in [1.165, 1.54) is 12.3 Å². The number of aryl methyl sites for hydroxylation is 1. The number of hydrogen-bond acceptors (Lipinski definition) is 2. The van der Waals surface area contributed by atoms with Gasteiger partial charge in [-0.05, 0) is 19.5 Å². The monoisotopic (exact) mass is 299 g/mol. The zero-order valence-corrected chi connectivity index (χ0v) is 12.1. The molecule has 0 saturated carbocycles. The normalized spacial score (nSPS) is 12.7. The summed E-state index contributed by atoms with van der Waals surface area (Å²) < 4.78 is 29.1. The van der Waals surface area contributed by atoms with Gasteiger partial charge < -0.3 is 5.32 Å². The van der Waals surface area contributed by atoms with Crippen LogP contribution in [0.3, 0.4) is 0 Å². The molecule has 2 rings (SSSR count). The topological polar surface area (TPSA) is 29.9 Å². The van der Waals surface area contributed by atoms with E-state index in [2.05, 4.69) is 10.4 Å². The minimum atomic E-state index is -0.875. The maximum atomic E-state index is 14.0. The standard InChI is InChI=1S/C14H16ClF2N3/c1-3-7-20-14(10(15)8-19-20)13(18-2)9-5-4-6-11(16)12(9)17/h4-6,8,13,18H,3,7H2,1-2H3. The predicted octanol–water partition coefficient (Wildman–Crippen LogP) is 3.53. The lowest BCUT2D eigenvalue weighted by molar-refractivity contribution is 0.475. The Morgan fingerprint density at radius 3 is 2.80 bits per heavy atom. The SMILES string of the molecule is CCCn1ncc(Cl)c1C(NC)c1cccc(F)c1F. The molecule has 2 aromatic rings. The molecule has 3 nitrogen and oxygen atoms in total. The van der Waals surface area contributed by atoms with Gasteiger partial charge in [0.1, 0.15) is 0 Å². The number of hydrogen-bond donors (Lipinski definition) is 1. The highest BCUT2D eigenvalue weighted by atomic mass is 35.5. The first-order valence-electron chi connectivity index (χ1n) is 6.42. The van der Waals surface area contributed by atoms with Gasteiger partial charge in [-0.25, -0.2) is 8.78 Å². The molecule has 1 N–H and O–H groups in total. The maximum absolute atomic E-state index is 14.0. The Bertz CT molecular complexity index is 598. The molecule has 1 aromatic carbocycles. The first-order chi connectivity index (χ1) is 9.60. The molecule has 0 aliphatic carbocycles. The highest BCUT2D eigenvalue weighted by Gasteiger charge is 2.24. The molecule has 0 saturated heterocycles. The number of nitrogens with zero attached hydrogens (tertiary/aromatic N) is 2. The number of halogens is 3. The van der Waals surface area contributed by atoms with Crippen LogP contribution in [0.25, 0.3) is 0 Å². The van der Waals surface area contributed by atoms with Crippen LogP contribution in [0.4, 0.5) is 8.78 Å². The Labute approximate surface area is 121 Å². The molecule has 20 heavy (non-hydrogen) atoms. The Morgan fingerprint density at radius 1 is 1.40 bits per heavy atom. The van der Waals surface area contributed by atoms with Crippen LogP contribution in [0.1, 0.15) is 30.6 Å². The fourth-order valence-electron chi connectivity index (χ4n) is 2.23. The third-order valence-corrected chi connectivity index (χ3v) is 3.41. The summed E-state index contributed by atoms with van der Waals surface area (Å²) in [4.78, 5) is 0. The van der Waals surface area contributed by atoms with Gasteiger partial charge in [-0.15, -0.1) is 0 Å². The van der Waals surface area contributed by atoms with Crippen molar-refractivity contribution in [1.29, 1.82) is 0 Å². The zero-order valence-electron chi connectivity index (χ0n) is 11.3. The van der Waals surface area contributed by atoms with E-state index in [1.54, 1.807) is 17.8 Å². The number of benzene rings is 1.